The highest BCUT2D eigenvalue weighted by Gasteiger charge is 2.16. The predicted molar refractivity (Wildman–Crippen MR) is 71.9 cm³/mol. The van der Waals surface area contributed by atoms with Gasteiger partial charge in [0.05, 0.1) is 23.1 Å². The van der Waals surface area contributed by atoms with Crippen LogP contribution in [0.2, 0.25) is 10.0 Å². The number of halogens is 3. The monoisotopic (exact) mass is 297 g/mol. The van der Waals surface area contributed by atoms with Crippen molar-refractivity contribution in [2.24, 2.45) is 5.73 Å². The van der Waals surface area contributed by atoms with E-state index >= 15 is 0 Å². The van der Waals surface area contributed by atoms with E-state index in [1.54, 1.807) is 25.1 Å². The van der Waals surface area contributed by atoms with Crippen molar-refractivity contribution in [1.29, 1.82) is 0 Å². The van der Waals surface area contributed by atoms with Crippen molar-refractivity contribution in [2.45, 2.75) is 19.4 Å². The minimum atomic E-state index is -0.495. The van der Waals surface area contributed by atoms with Crippen molar-refractivity contribution in [2.75, 3.05) is 6.61 Å². The molecule has 0 saturated carbocycles. The minimum Gasteiger partial charge on any atom is -0.466 e. The first kappa shape index (κ1) is 16.5. The predicted octanol–water partition coefficient (Wildman–Crippen LogP) is 3.37. The van der Waals surface area contributed by atoms with Gasteiger partial charge in [-0.1, -0.05) is 35.3 Å². The van der Waals surface area contributed by atoms with Crippen LogP contribution in [0.15, 0.2) is 18.2 Å². The van der Waals surface area contributed by atoms with Crippen LogP contribution >= 0.6 is 35.6 Å². The van der Waals surface area contributed by atoms with Crippen LogP contribution in [-0.2, 0) is 9.53 Å². The molecule has 3 nitrogen and oxygen atoms in total. The van der Waals surface area contributed by atoms with Crippen molar-refractivity contribution < 1.29 is 9.53 Å². The second-order valence-corrected chi connectivity index (χ2v) is 4.04. The van der Waals surface area contributed by atoms with Crippen LogP contribution in [-0.4, -0.2) is 12.6 Å². The molecule has 0 aliphatic carbocycles. The standard InChI is InChI=1S/C11H13Cl2NO2.ClH/c1-2-16-10(15)6-9(14)7-4-3-5-8(12)11(7)13;/h3-5,9H,2,6,14H2,1H3;1H/t9-;/m0./s1. The van der Waals surface area contributed by atoms with Crippen LogP contribution in [0.1, 0.15) is 24.9 Å². The lowest BCUT2D eigenvalue weighted by atomic mass is 10.0. The van der Waals surface area contributed by atoms with Gasteiger partial charge in [0.1, 0.15) is 0 Å². The van der Waals surface area contributed by atoms with E-state index in [1.807, 2.05) is 0 Å². The number of carbonyl (C=O) groups is 1. The maximum absolute atomic E-state index is 11.2. The molecule has 0 spiro atoms. The van der Waals surface area contributed by atoms with Gasteiger partial charge in [-0.25, -0.2) is 0 Å². The summed E-state index contributed by atoms with van der Waals surface area (Å²) in [5, 5.41) is 0.819. The van der Waals surface area contributed by atoms with Gasteiger partial charge in [-0.05, 0) is 18.6 Å². The summed E-state index contributed by atoms with van der Waals surface area (Å²) in [6, 6.07) is 4.67. The van der Waals surface area contributed by atoms with E-state index in [2.05, 4.69) is 0 Å². The van der Waals surface area contributed by atoms with E-state index in [0.29, 0.717) is 22.2 Å². The summed E-state index contributed by atoms with van der Waals surface area (Å²) in [5.41, 5.74) is 6.51. The van der Waals surface area contributed by atoms with Gasteiger partial charge in [-0.3, -0.25) is 4.79 Å². The van der Waals surface area contributed by atoms with Crippen molar-refractivity contribution in [3.63, 3.8) is 0 Å². The van der Waals surface area contributed by atoms with Gasteiger partial charge in [0.2, 0.25) is 0 Å². The maximum Gasteiger partial charge on any atom is 0.307 e. The zero-order valence-electron chi connectivity index (χ0n) is 9.28. The lowest BCUT2D eigenvalue weighted by Crippen LogP contribution is -2.17. The first-order valence-electron chi connectivity index (χ1n) is 4.91. The smallest absolute Gasteiger partial charge is 0.307 e. The minimum absolute atomic E-state index is 0. The Morgan fingerprint density at radius 2 is 2.12 bits per heavy atom. The van der Waals surface area contributed by atoms with Crippen molar-refractivity contribution in [1.82, 2.24) is 0 Å². The number of benzene rings is 1. The molecule has 0 aliphatic rings. The van der Waals surface area contributed by atoms with Gasteiger partial charge in [0.15, 0.2) is 0 Å². The highest BCUT2D eigenvalue weighted by molar-refractivity contribution is 6.42. The summed E-state index contributed by atoms with van der Waals surface area (Å²) >= 11 is 11.8. The largest absolute Gasteiger partial charge is 0.466 e. The fraction of sp³-hybridized carbons (Fsp3) is 0.364. The van der Waals surface area contributed by atoms with Crippen LogP contribution in [0.4, 0.5) is 0 Å². The van der Waals surface area contributed by atoms with E-state index in [9.17, 15) is 4.79 Å². The summed E-state index contributed by atoms with van der Waals surface area (Å²) in [6.45, 7) is 2.09. The molecule has 17 heavy (non-hydrogen) atoms. The Morgan fingerprint density at radius 1 is 1.47 bits per heavy atom. The average Bonchev–Trinajstić information content (AvgIpc) is 2.22. The maximum atomic E-state index is 11.2. The molecule has 0 radical (unpaired) electrons. The highest BCUT2D eigenvalue weighted by atomic mass is 35.5. The fourth-order valence-corrected chi connectivity index (χ4v) is 1.76. The molecular formula is C11H14Cl3NO2. The third-order valence-corrected chi connectivity index (χ3v) is 2.91. The number of rotatable bonds is 4. The number of ether oxygens (including phenoxy) is 1. The molecule has 0 heterocycles. The number of esters is 1. The Labute approximate surface area is 117 Å². The Hall–Kier alpha value is -0.480. The van der Waals surface area contributed by atoms with E-state index in [-0.39, 0.29) is 24.8 Å². The molecule has 96 valence electrons. The lowest BCUT2D eigenvalue weighted by Gasteiger charge is -2.13. The lowest BCUT2D eigenvalue weighted by molar-refractivity contribution is -0.143. The zero-order valence-corrected chi connectivity index (χ0v) is 11.6. The molecule has 1 atom stereocenters. The second kappa shape index (κ2) is 7.77. The van der Waals surface area contributed by atoms with E-state index in [0.717, 1.165) is 0 Å². The van der Waals surface area contributed by atoms with Gasteiger partial charge in [-0.2, -0.15) is 0 Å². The number of hydrogen-bond donors (Lipinski definition) is 1. The van der Waals surface area contributed by atoms with Crippen molar-refractivity contribution >= 4 is 41.6 Å². The first-order valence-corrected chi connectivity index (χ1v) is 5.67. The fourth-order valence-electron chi connectivity index (χ4n) is 1.32. The molecular weight excluding hydrogens is 284 g/mol. The zero-order chi connectivity index (χ0) is 12.1. The SMILES string of the molecule is CCOC(=O)C[C@H](N)c1cccc(Cl)c1Cl.Cl. The van der Waals surface area contributed by atoms with Crippen LogP contribution in [0.5, 0.6) is 0 Å². The molecule has 1 aromatic carbocycles. The Morgan fingerprint density at radius 3 is 2.71 bits per heavy atom. The van der Waals surface area contributed by atoms with Gasteiger partial charge < -0.3 is 10.5 Å². The van der Waals surface area contributed by atoms with Crippen LogP contribution in [0.25, 0.3) is 0 Å². The molecule has 1 aromatic rings. The summed E-state index contributed by atoms with van der Waals surface area (Å²) in [7, 11) is 0. The van der Waals surface area contributed by atoms with Crippen molar-refractivity contribution in [3.05, 3.63) is 33.8 Å². The summed E-state index contributed by atoms with van der Waals surface area (Å²) in [5.74, 6) is -0.342. The van der Waals surface area contributed by atoms with Gasteiger partial charge in [0.25, 0.3) is 0 Å². The molecule has 0 saturated heterocycles. The van der Waals surface area contributed by atoms with E-state index in [4.69, 9.17) is 33.7 Å². The Balaban J connectivity index is 0.00000256. The summed E-state index contributed by atoms with van der Waals surface area (Å²) in [4.78, 5) is 11.2. The first-order chi connectivity index (χ1) is 7.56. The third-order valence-electron chi connectivity index (χ3n) is 2.07. The topological polar surface area (TPSA) is 52.3 Å². The van der Waals surface area contributed by atoms with Gasteiger partial charge in [-0.15, -0.1) is 12.4 Å². The molecule has 0 bridgehead atoms. The number of nitrogens with two attached hydrogens (primary N) is 1. The molecule has 0 amide bonds. The molecule has 2 N–H and O–H groups in total. The van der Waals surface area contributed by atoms with Crippen molar-refractivity contribution in [3.8, 4) is 0 Å². The molecule has 6 heteroatoms. The number of carbonyl (C=O) groups excluding carboxylic acids is 1. The molecule has 0 unspecified atom stereocenters. The highest BCUT2D eigenvalue weighted by Crippen LogP contribution is 2.30. The number of hydrogen-bond acceptors (Lipinski definition) is 3. The van der Waals surface area contributed by atoms with E-state index in [1.165, 1.54) is 0 Å². The molecule has 1 rings (SSSR count). The molecule has 0 aromatic heterocycles. The Bertz CT molecular complexity index is 385. The Kier molecular flexibility index (Phi) is 7.55. The van der Waals surface area contributed by atoms with Gasteiger partial charge in [0, 0.05) is 6.04 Å². The average molecular weight is 299 g/mol. The second-order valence-electron chi connectivity index (χ2n) is 3.26. The summed E-state index contributed by atoms with van der Waals surface area (Å²) in [6.07, 6.45) is 0.0912. The quantitative estimate of drug-likeness (QED) is 0.867. The van der Waals surface area contributed by atoms with Gasteiger partial charge >= 0.3 is 5.97 Å². The van der Waals surface area contributed by atoms with Crippen LogP contribution < -0.4 is 5.73 Å². The van der Waals surface area contributed by atoms with E-state index < -0.39 is 6.04 Å². The normalized spacial score (nSPS) is 11.5. The molecule has 0 fully saturated rings. The summed E-state index contributed by atoms with van der Waals surface area (Å²) < 4.78 is 4.81. The van der Waals surface area contributed by atoms with Crippen LogP contribution in [0.3, 0.4) is 0 Å². The third kappa shape index (κ3) is 4.72. The van der Waals surface area contributed by atoms with Crippen LogP contribution in [0, 0.1) is 0 Å². The molecule has 0 aliphatic heterocycles.